The quantitative estimate of drug-likeness (QED) is 0.849. The van der Waals surface area contributed by atoms with Crippen LogP contribution in [-0.2, 0) is 23.0 Å². The number of rotatable bonds is 6. The molecule has 0 radical (unpaired) electrons. The zero-order valence-electron chi connectivity index (χ0n) is 13.0. The first-order valence-electron chi connectivity index (χ1n) is 7.85. The van der Waals surface area contributed by atoms with Gasteiger partial charge in [0.2, 0.25) is 10.0 Å². The molecule has 118 valence electrons. The molecular weight excluding hydrogens is 284 g/mol. The maximum atomic E-state index is 12.5. The summed E-state index contributed by atoms with van der Waals surface area (Å²) in [5.74, 6) is 0. The van der Waals surface area contributed by atoms with Gasteiger partial charge in [-0.2, -0.15) is 0 Å². The molecule has 2 rings (SSSR count). The molecule has 1 aliphatic carbocycles. The van der Waals surface area contributed by atoms with Gasteiger partial charge in [0.25, 0.3) is 0 Å². The summed E-state index contributed by atoms with van der Waals surface area (Å²) in [4.78, 5) is 0.385. The van der Waals surface area contributed by atoms with E-state index in [0.717, 1.165) is 37.7 Å². The second-order valence-electron chi connectivity index (χ2n) is 5.77. The lowest BCUT2D eigenvalue weighted by atomic mass is 9.96. The van der Waals surface area contributed by atoms with E-state index in [9.17, 15) is 8.42 Å². The Morgan fingerprint density at radius 1 is 1.14 bits per heavy atom. The molecule has 1 fully saturated rings. The van der Waals surface area contributed by atoms with Crippen molar-refractivity contribution in [2.24, 2.45) is 0 Å². The summed E-state index contributed by atoms with van der Waals surface area (Å²) < 4.78 is 27.9. The number of hydrogen-bond acceptors (Lipinski definition) is 3. The molecule has 0 aliphatic heterocycles. The average molecular weight is 310 g/mol. The summed E-state index contributed by atoms with van der Waals surface area (Å²) in [6, 6.07) is 5.56. The van der Waals surface area contributed by atoms with Crippen molar-refractivity contribution in [3.63, 3.8) is 0 Å². The van der Waals surface area contributed by atoms with E-state index < -0.39 is 10.0 Å². The summed E-state index contributed by atoms with van der Waals surface area (Å²) in [5, 5.41) is 3.10. The predicted octanol–water partition coefficient (Wildman–Crippen LogP) is 2.58. The zero-order chi connectivity index (χ0) is 15.3. The minimum Gasteiger partial charge on any atom is -0.316 e. The molecule has 2 N–H and O–H groups in total. The molecule has 21 heavy (non-hydrogen) atoms. The summed E-state index contributed by atoms with van der Waals surface area (Å²) in [7, 11) is -1.53. The van der Waals surface area contributed by atoms with Crippen molar-refractivity contribution in [1.82, 2.24) is 10.0 Å². The maximum Gasteiger partial charge on any atom is 0.240 e. The lowest BCUT2D eigenvalue weighted by Crippen LogP contribution is -2.36. The van der Waals surface area contributed by atoms with Gasteiger partial charge in [0.15, 0.2) is 0 Å². The summed E-state index contributed by atoms with van der Waals surface area (Å²) >= 11 is 0. The zero-order valence-corrected chi connectivity index (χ0v) is 13.8. The Hall–Kier alpha value is -0.910. The highest BCUT2D eigenvalue weighted by Gasteiger charge is 2.22. The third kappa shape index (κ3) is 4.28. The van der Waals surface area contributed by atoms with Gasteiger partial charge in [0.1, 0.15) is 0 Å². The van der Waals surface area contributed by atoms with Crippen LogP contribution in [0, 0.1) is 0 Å². The molecule has 0 atom stereocenters. The number of benzene rings is 1. The predicted molar refractivity (Wildman–Crippen MR) is 85.8 cm³/mol. The van der Waals surface area contributed by atoms with Crippen molar-refractivity contribution in [1.29, 1.82) is 0 Å². The van der Waals surface area contributed by atoms with E-state index in [1.54, 1.807) is 12.1 Å². The normalized spacial score (nSPS) is 17.0. The maximum absolute atomic E-state index is 12.5. The first-order valence-corrected chi connectivity index (χ1v) is 9.34. The average Bonchev–Trinajstić information content (AvgIpc) is 2.48. The number of hydrogen-bond donors (Lipinski definition) is 2. The second kappa shape index (κ2) is 7.38. The second-order valence-corrected chi connectivity index (χ2v) is 7.48. The van der Waals surface area contributed by atoms with Gasteiger partial charge in [-0.25, -0.2) is 13.1 Å². The molecule has 0 bridgehead atoms. The SMILES string of the molecule is CCc1ccc(S(=O)(=O)NC2CCCCC2)cc1CNC. The molecule has 0 amide bonds. The number of aryl methyl sites for hydroxylation is 1. The molecule has 0 saturated heterocycles. The van der Waals surface area contributed by atoms with Crippen LogP contribution >= 0.6 is 0 Å². The Labute approximate surface area is 128 Å². The van der Waals surface area contributed by atoms with Gasteiger partial charge in [-0.15, -0.1) is 0 Å². The highest BCUT2D eigenvalue weighted by Crippen LogP contribution is 2.21. The Balaban J connectivity index is 2.20. The fraction of sp³-hybridized carbons (Fsp3) is 0.625. The van der Waals surface area contributed by atoms with Crippen molar-refractivity contribution < 1.29 is 8.42 Å². The molecule has 1 aromatic rings. The van der Waals surface area contributed by atoms with Gasteiger partial charge in [-0.05, 0) is 49.6 Å². The van der Waals surface area contributed by atoms with Crippen LogP contribution in [0.1, 0.15) is 50.2 Å². The Kier molecular flexibility index (Phi) is 5.79. The molecule has 0 heterocycles. The Morgan fingerprint density at radius 3 is 2.48 bits per heavy atom. The molecule has 5 heteroatoms. The van der Waals surface area contributed by atoms with Gasteiger partial charge in [-0.1, -0.05) is 32.3 Å². The van der Waals surface area contributed by atoms with Crippen LogP contribution in [-0.4, -0.2) is 21.5 Å². The van der Waals surface area contributed by atoms with Crippen molar-refractivity contribution >= 4 is 10.0 Å². The van der Waals surface area contributed by atoms with Crippen molar-refractivity contribution in [3.05, 3.63) is 29.3 Å². The summed E-state index contributed by atoms with van der Waals surface area (Å²) in [5.41, 5.74) is 2.26. The fourth-order valence-electron chi connectivity index (χ4n) is 2.98. The Bertz CT molecular complexity index is 564. The lowest BCUT2D eigenvalue weighted by molar-refractivity contribution is 0.412. The lowest BCUT2D eigenvalue weighted by Gasteiger charge is -2.23. The van der Waals surface area contributed by atoms with Gasteiger partial charge < -0.3 is 5.32 Å². The van der Waals surface area contributed by atoms with E-state index in [2.05, 4.69) is 17.0 Å². The first-order chi connectivity index (χ1) is 10.1. The molecule has 1 aromatic carbocycles. The van der Waals surface area contributed by atoms with Crippen LogP contribution < -0.4 is 10.0 Å². The van der Waals surface area contributed by atoms with Crippen LogP contribution in [0.2, 0.25) is 0 Å². The third-order valence-electron chi connectivity index (χ3n) is 4.16. The van der Waals surface area contributed by atoms with Gasteiger partial charge >= 0.3 is 0 Å². The summed E-state index contributed by atoms with van der Waals surface area (Å²) in [6.45, 7) is 2.78. The molecule has 1 saturated carbocycles. The molecule has 0 spiro atoms. The monoisotopic (exact) mass is 310 g/mol. The summed E-state index contributed by atoms with van der Waals surface area (Å²) in [6.07, 6.45) is 6.27. The van der Waals surface area contributed by atoms with Crippen molar-refractivity contribution in [2.45, 2.75) is 62.9 Å². The third-order valence-corrected chi connectivity index (χ3v) is 5.68. The standard InChI is InChI=1S/C16H26N2O2S/c1-3-13-9-10-16(11-14(13)12-17-2)21(19,20)18-15-7-5-4-6-8-15/h9-11,15,17-18H,3-8,12H2,1-2H3. The topological polar surface area (TPSA) is 58.2 Å². The van der Waals surface area contributed by atoms with Crippen LogP contribution in [0.4, 0.5) is 0 Å². The van der Waals surface area contributed by atoms with Crippen LogP contribution in [0.3, 0.4) is 0 Å². The van der Waals surface area contributed by atoms with Crippen LogP contribution in [0.15, 0.2) is 23.1 Å². The number of sulfonamides is 1. The van der Waals surface area contributed by atoms with Crippen LogP contribution in [0.25, 0.3) is 0 Å². The molecular formula is C16H26N2O2S. The van der Waals surface area contributed by atoms with E-state index in [4.69, 9.17) is 0 Å². The minimum absolute atomic E-state index is 0.0994. The van der Waals surface area contributed by atoms with Crippen LogP contribution in [0.5, 0.6) is 0 Å². The van der Waals surface area contributed by atoms with Gasteiger partial charge in [-0.3, -0.25) is 0 Å². The fourth-order valence-corrected chi connectivity index (χ4v) is 4.33. The number of nitrogens with one attached hydrogen (secondary N) is 2. The molecule has 0 unspecified atom stereocenters. The highest BCUT2D eigenvalue weighted by molar-refractivity contribution is 7.89. The molecule has 1 aliphatic rings. The first kappa shape index (κ1) is 16.5. The van der Waals surface area contributed by atoms with E-state index in [0.29, 0.717) is 11.4 Å². The van der Waals surface area contributed by atoms with E-state index in [1.807, 2.05) is 13.1 Å². The van der Waals surface area contributed by atoms with Crippen molar-refractivity contribution in [3.8, 4) is 0 Å². The minimum atomic E-state index is -3.40. The highest BCUT2D eigenvalue weighted by atomic mass is 32.2. The van der Waals surface area contributed by atoms with E-state index in [-0.39, 0.29) is 6.04 Å². The van der Waals surface area contributed by atoms with Gasteiger partial charge in [0.05, 0.1) is 4.90 Å². The van der Waals surface area contributed by atoms with Crippen molar-refractivity contribution in [2.75, 3.05) is 7.05 Å². The van der Waals surface area contributed by atoms with E-state index >= 15 is 0 Å². The molecule has 4 nitrogen and oxygen atoms in total. The van der Waals surface area contributed by atoms with Gasteiger partial charge in [0, 0.05) is 12.6 Å². The smallest absolute Gasteiger partial charge is 0.240 e. The molecule has 0 aromatic heterocycles. The largest absolute Gasteiger partial charge is 0.316 e. The van der Waals surface area contributed by atoms with E-state index in [1.165, 1.54) is 12.0 Å². The Morgan fingerprint density at radius 2 is 1.86 bits per heavy atom.